The predicted molar refractivity (Wildman–Crippen MR) is 75.0 cm³/mol. The van der Waals surface area contributed by atoms with Gasteiger partial charge in [0.25, 0.3) is 5.91 Å². The fourth-order valence-electron chi connectivity index (χ4n) is 2.82. The van der Waals surface area contributed by atoms with Crippen molar-refractivity contribution in [1.82, 2.24) is 5.32 Å². The largest absolute Gasteiger partial charge is 0.469 e. The molecule has 3 N–H and O–H groups in total. The van der Waals surface area contributed by atoms with Crippen molar-refractivity contribution in [3.63, 3.8) is 0 Å². The summed E-state index contributed by atoms with van der Waals surface area (Å²) in [4.78, 5) is 12.4. The number of hydrogen-bond acceptors (Lipinski definition) is 3. The lowest BCUT2D eigenvalue weighted by Crippen LogP contribution is -2.55. The Morgan fingerprint density at radius 1 is 1.53 bits per heavy atom. The molecule has 1 saturated carbocycles. The average Bonchev–Trinajstić information content (AvgIpc) is 2.90. The molecule has 0 saturated heterocycles. The maximum Gasteiger partial charge on any atom is 0.255 e. The Morgan fingerprint density at radius 2 is 2.21 bits per heavy atom. The second-order valence-corrected chi connectivity index (χ2v) is 5.73. The van der Waals surface area contributed by atoms with Crippen molar-refractivity contribution < 1.29 is 9.21 Å². The number of furan rings is 1. The van der Waals surface area contributed by atoms with Crippen LogP contribution < -0.4 is 11.1 Å². The lowest BCUT2D eigenvalue weighted by atomic mass is 9.77. The third-order valence-electron chi connectivity index (χ3n) is 4.31. The zero-order valence-electron chi connectivity index (χ0n) is 11.9. The predicted octanol–water partition coefficient (Wildman–Crippen LogP) is 2.48. The topological polar surface area (TPSA) is 68.3 Å². The third-order valence-corrected chi connectivity index (χ3v) is 4.31. The monoisotopic (exact) mass is 264 g/mol. The molecule has 0 bridgehead atoms. The van der Waals surface area contributed by atoms with Gasteiger partial charge in [0.1, 0.15) is 5.76 Å². The van der Waals surface area contributed by atoms with Crippen molar-refractivity contribution in [2.24, 2.45) is 11.7 Å². The number of amides is 1. The lowest BCUT2D eigenvalue weighted by molar-refractivity contribution is 0.0858. The fourth-order valence-corrected chi connectivity index (χ4v) is 2.82. The smallest absolute Gasteiger partial charge is 0.255 e. The van der Waals surface area contributed by atoms with Gasteiger partial charge in [-0.05, 0) is 37.7 Å². The quantitative estimate of drug-likeness (QED) is 0.877. The first-order chi connectivity index (χ1) is 9.10. The molecule has 0 aliphatic heterocycles. The first kappa shape index (κ1) is 14.1. The molecule has 1 aliphatic carbocycles. The Kier molecular flexibility index (Phi) is 4.30. The molecule has 4 heteroatoms. The number of nitrogens with one attached hydrogen (secondary N) is 1. The van der Waals surface area contributed by atoms with Crippen molar-refractivity contribution in [2.75, 3.05) is 6.54 Å². The lowest BCUT2D eigenvalue weighted by Gasteiger charge is -2.39. The van der Waals surface area contributed by atoms with E-state index in [9.17, 15) is 4.79 Å². The molecular formula is C15H24N2O2. The molecule has 1 fully saturated rings. The summed E-state index contributed by atoms with van der Waals surface area (Å²) in [5.41, 5.74) is 6.33. The second kappa shape index (κ2) is 5.78. The number of aryl methyl sites for hydroxylation is 1. The summed E-state index contributed by atoms with van der Waals surface area (Å²) in [7, 11) is 0. The number of hydrogen-bond donors (Lipinski definition) is 2. The molecule has 0 atom stereocenters. The molecule has 106 valence electrons. The van der Waals surface area contributed by atoms with Gasteiger partial charge in [-0.1, -0.05) is 13.8 Å². The number of rotatable bonds is 4. The Morgan fingerprint density at radius 3 is 2.79 bits per heavy atom. The van der Waals surface area contributed by atoms with E-state index in [0.29, 0.717) is 12.1 Å². The van der Waals surface area contributed by atoms with E-state index < -0.39 is 0 Å². The minimum atomic E-state index is -0.230. The molecule has 2 rings (SSSR count). The van der Waals surface area contributed by atoms with Gasteiger partial charge in [0.15, 0.2) is 0 Å². The fraction of sp³-hybridized carbons (Fsp3) is 0.667. The Bertz CT molecular complexity index is 431. The molecule has 0 radical (unpaired) electrons. The van der Waals surface area contributed by atoms with Crippen LogP contribution in [-0.4, -0.2) is 18.0 Å². The Hall–Kier alpha value is -1.29. The molecular weight excluding hydrogens is 240 g/mol. The minimum absolute atomic E-state index is 0.0504. The Labute approximate surface area is 114 Å². The van der Waals surface area contributed by atoms with Crippen LogP contribution in [-0.2, 0) is 6.42 Å². The minimum Gasteiger partial charge on any atom is -0.469 e. The van der Waals surface area contributed by atoms with Gasteiger partial charge in [0.2, 0.25) is 0 Å². The van der Waals surface area contributed by atoms with Crippen LogP contribution in [0.1, 0.15) is 55.6 Å². The standard InChI is InChI=1S/C15H24N2O2/c1-3-13-12(6-9-19-13)14(18)17-15(10-16)7-4-11(2)5-8-15/h6,9,11H,3-5,7-8,10,16H2,1-2H3,(H,17,18). The number of carbonyl (C=O) groups is 1. The average molecular weight is 264 g/mol. The highest BCUT2D eigenvalue weighted by molar-refractivity contribution is 5.95. The zero-order chi connectivity index (χ0) is 13.9. The van der Waals surface area contributed by atoms with E-state index in [1.165, 1.54) is 0 Å². The van der Waals surface area contributed by atoms with Crippen molar-refractivity contribution in [3.05, 3.63) is 23.7 Å². The van der Waals surface area contributed by atoms with Crippen molar-refractivity contribution in [3.8, 4) is 0 Å². The van der Waals surface area contributed by atoms with Crippen molar-refractivity contribution in [1.29, 1.82) is 0 Å². The zero-order valence-corrected chi connectivity index (χ0v) is 11.9. The van der Waals surface area contributed by atoms with Gasteiger partial charge in [-0.2, -0.15) is 0 Å². The van der Waals surface area contributed by atoms with Crippen molar-refractivity contribution >= 4 is 5.91 Å². The van der Waals surface area contributed by atoms with Crippen LogP contribution in [0.5, 0.6) is 0 Å². The molecule has 0 aromatic carbocycles. The van der Waals surface area contributed by atoms with E-state index >= 15 is 0 Å². The van der Waals surface area contributed by atoms with E-state index in [1.807, 2.05) is 6.92 Å². The maximum absolute atomic E-state index is 12.4. The highest BCUT2D eigenvalue weighted by Gasteiger charge is 2.35. The molecule has 4 nitrogen and oxygen atoms in total. The van der Waals surface area contributed by atoms with Gasteiger partial charge in [-0.3, -0.25) is 4.79 Å². The van der Waals surface area contributed by atoms with E-state index in [4.69, 9.17) is 10.2 Å². The van der Waals surface area contributed by atoms with Crippen LogP contribution in [0, 0.1) is 5.92 Å². The number of nitrogens with two attached hydrogens (primary N) is 1. The van der Waals surface area contributed by atoms with E-state index in [1.54, 1.807) is 12.3 Å². The first-order valence-electron chi connectivity index (χ1n) is 7.19. The van der Waals surface area contributed by atoms with E-state index in [0.717, 1.165) is 43.8 Å². The Balaban J connectivity index is 2.08. The van der Waals surface area contributed by atoms with Crippen LogP contribution in [0.2, 0.25) is 0 Å². The summed E-state index contributed by atoms with van der Waals surface area (Å²) in [5, 5.41) is 3.16. The molecule has 0 spiro atoms. The normalized spacial score (nSPS) is 27.2. The molecule has 1 aromatic rings. The molecule has 19 heavy (non-hydrogen) atoms. The van der Waals surface area contributed by atoms with Crippen molar-refractivity contribution in [2.45, 2.75) is 51.5 Å². The summed E-state index contributed by atoms with van der Waals surface area (Å²) in [5.74, 6) is 1.43. The third kappa shape index (κ3) is 3.00. The summed E-state index contributed by atoms with van der Waals surface area (Å²) >= 11 is 0. The summed E-state index contributed by atoms with van der Waals surface area (Å²) < 4.78 is 5.32. The van der Waals surface area contributed by atoms with Gasteiger partial charge in [0, 0.05) is 13.0 Å². The summed E-state index contributed by atoms with van der Waals surface area (Å²) in [6.45, 7) is 4.74. The second-order valence-electron chi connectivity index (χ2n) is 5.73. The summed E-state index contributed by atoms with van der Waals surface area (Å²) in [6, 6.07) is 1.74. The van der Waals surface area contributed by atoms with Gasteiger partial charge >= 0.3 is 0 Å². The highest BCUT2D eigenvalue weighted by Crippen LogP contribution is 2.31. The molecule has 0 unspecified atom stereocenters. The van der Waals surface area contributed by atoms with Crippen LogP contribution in [0.3, 0.4) is 0 Å². The maximum atomic E-state index is 12.4. The SMILES string of the molecule is CCc1occc1C(=O)NC1(CN)CCC(C)CC1. The van der Waals surface area contributed by atoms with Gasteiger partial charge in [-0.15, -0.1) is 0 Å². The highest BCUT2D eigenvalue weighted by atomic mass is 16.3. The van der Waals surface area contributed by atoms with Crippen LogP contribution >= 0.6 is 0 Å². The first-order valence-corrected chi connectivity index (χ1v) is 7.19. The van der Waals surface area contributed by atoms with E-state index in [2.05, 4.69) is 12.2 Å². The van der Waals surface area contributed by atoms with Crippen LogP contribution in [0.4, 0.5) is 0 Å². The van der Waals surface area contributed by atoms with Gasteiger partial charge in [0.05, 0.1) is 17.4 Å². The van der Waals surface area contributed by atoms with Crippen LogP contribution in [0.25, 0.3) is 0 Å². The molecule has 1 aliphatic rings. The van der Waals surface area contributed by atoms with Gasteiger partial charge in [-0.25, -0.2) is 0 Å². The number of carbonyl (C=O) groups excluding carboxylic acids is 1. The van der Waals surface area contributed by atoms with E-state index in [-0.39, 0.29) is 11.4 Å². The van der Waals surface area contributed by atoms with Crippen LogP contribution in [0.15, 0.2) is 16.7 Å². The molecule has 1 aromatic heterocycles. The molecule has 1 heterocycles. The summed E-state index contributed by atoms with van der Waals surface area (Å²) in [6.07, 6.45) is 6.49. The van der Waals surface area contributed by atoms with Gasteiger partial charge < -0.3 is 15.5 Å². The molecule has 1 amide bonds.